The molecule has 2 atom stereocenters. The largest absolute Gasteiger partial charge is 0.481 e. The van der Waals surface area contributed by atoms with Crippen molar-refractivity contribution in [2.24, 2.45) is 11.3 Å². The Morgan fingerprint density at radius 1 is 1.32 bits per heavy atom. The van der Waals surface area contributed by atoms with Gasteiger partial charge in [0.25, 0.3) is 0 Å². The van der Waals surface area contributed by atoms with Crippen molar-refractivity contribution in [3.8, 4) is 0 Å². The van der Waals surface area contributed by atoms with Crippen LogP contribution in [0.25, 0.3) is 0 Å². The number of rotatable bonds is 2. The molecule has 0 radical (unpaired) electrons. The Morgan fingerprint density at radius 2 is 2.09 bits per heavy atom. The number of aliphatic carboxylic acids is 1. The number of carboxylic acid groups (broad SMARTS) is 1. The van der Waals surface area contributed by atoms with E-state index < -0.39 is 29.0 Å². The quantitative estimate of drug-likeness (QED) is 0.882. The average molecular weight is 310 g/mol. The summed E-state index contributed by atoms with van der Waals surface area (Å²) in [5.41, 5.74) is -0.712. The molecule has 1 aromatic rings. The summed E-state index contributed by atoms with van der Waals surface area (Å²) in [6, 6.07) is 2.61. The van der Waals surface area contributed by atoms with Crippen molar-refractivity contribution in [3.63, 3.8) is 0 Å². The molecule has 1 aliphatic carbocycles. The van der Waals surface area contributed by atoms with E-state index in [0.29, 0.717) is 13.0 Å². The first kappa shape index (κ1) is 14.7. The van der Waals surface area contributed by atoms with Gasteiger partial charge in [-0.3, -0.25) is 4.79 Å². The van der Waals surface area contributed by atoms with Crippen molar-refractivity contribution in [1.82, 2.24) is 4.90 Å². The van der Waals surface area contributed by atoms with Gasteiger partial charge in [-0.15, -0.1) is 0 Å². The van der Waals surface area contributed by atoms with E-state index in [4.69, 9.17) is 0 Å². The minimum Gasteiger partial charge on any atom is -0.481 e. The lowest BCUT2D eigenvalue weighted by Gasteiger charge is -2.23. The number of carbonyl (C=O) groups excluding carboxylic acids is 1. The number of nitrogens with zero attached hydrogens (tertiary/aromatic N) is 1. The summed E-state index contributed by atoms with van der Waals surface area (Å²) in [7, 11) is 0. The lowest BCUT2D eigenvalue weighted by molar-refractivity contribution is -0.149. The number of halogens is 2. The van der Waals surface area contributed by atoms with Gasteiger partial charge in [0.05, 0.1) is 5.41 Å². The van der Waals surface area contributed by atoms with E-state index in [1.807, 2.05) is 0 Å². The second kappa shape index (κ2) is 5.23. The third-order valence-electron chi connectivity index (χ3n) is 4.75. The summed E-state index contributed by atoms with van der Waals surface area (Å²) in [6.07, 6.45) is 2.22. The van der Waals surface area contributed by atoms with E-state index in [-0.39, 0.29) is 18.2 Å². The van der Waals surface area contributed by atoms with Crippen molar-refractivity contribution in [3.05, 3.63) is 29.8 Å². The molecule has 5 nitrogen and oxygen atoms in total. The molecule has 2 N–H and O–H groups in total. The van der Waals surface area contributed by atoms with Gasteiger partial charge >= 0.3 is 12.0 Å². The Bertz CT molecular complexity index is 637. The fourth-order valence-corrected chi connectivity index (χ4v) is 3.57. The van der Waals surface area contributed by atoms with Crippen molar-refractivity contribution in [1.29, 1.82) is 0 Å². The molecule has 1 aliphatic heterocycles. The molecule has 7 heteroatoms. The predicted octanol–water partition coefficient (Wildman–Crippen LogP) is 2.68. The number of amides is 2. The molecule has 0 spiro atoms. The Balaban J connectivity index is 1.71. The number of fused-ring (bicyclic) bond motifs is 1. The van der Waals surface area contributed by atoms with E-state index in [2.05, 4.69) is 5.32 Å². The van der Waals surface area contributed by atoms with Crippen molar-refractivity contribution < 1.29 is 23.5 Å². The molecule has 1 saturated carbocycles. The maximum atomic E-state index is 13.1. The van der Waals surface area contributed by atoms with Crippen LogP contribution in [0.15, 0.2) is 18.2 Å². The first-order valence-electron chi connectivity index (χ1n) is 7.17. The third-order valence-corrected chi connectivity index (χ3v) is 4.75. The number of carbonyl (C=O) groups is 2. The highest BCUT2D eigenvalue weighted by Gasteiger charge is 2.55. The summed E-state index contributed by atoms with van der Waals surface area (Å²) in [5, 5.41) is 12.0. The molecule has 1 aromatic carbocycles. The zero-order valence-electron chi connectivity index (χ0n) is 11.8. The maximum absolute atomic E-state index is 13.1. The summed E-state index contributed by atoms with van der Waals surface area (Å²) < 4.78 is 26.0. The average Bonchev–Trinajstić information content (AvgIpc) is 3.00. The molecule has 1 heterocycles. The highest BCUT2D eigenvalue weighted by molar-refractivity contribution is 5.90. The number of carboxylic acids is 1. The van der Waals surface area contributed by atoms with Gasteiger partial charge in [0.1, 0.15) is 0 Å². The van der Waals surface area contributed by atoms with E-state index in [0.717, 1.165) is 25.0 Å². The fourth-order valence-electron chi connectivity index (χ4n) is 3.57. The molecule has 2 aliphatic rings. The zero-order chi connectivity index (χ0) is 15.9. The van der Waals surface area contributed by atoms with E-state index in [1.54, 1.807) is 0 Å². The van der Waals surface area contributed by atoms with E-state index in [1.165, 1.54) is 11.0 Å². The van der Waals surface area contributed by atoms with Gasteiger partial charge < -0.3 is 15.3 Å². The van der Waals surface area contributed by atoms with Gasteiger partial charge in [0.15, 0.2) is 11.6 Å². The van der Waals surface area contributed by atoms with Crippen LogP contribution in [0.1, 0.15) is 19.3 Å². The Labute approximate surface area is 125 Å². The van der Waals surface area contributed by atoms with Crippen molar-refractivity contribution >= 4 is 17.7 Å². The lowest BCUT2D eigenvalue weighted by atomic mass is 9.81. The highest BCUT2D eigenvalue weighted by Crippen LogP contribution is 2.48. The molecule has 3 rings (SSSR count). The second-order valence-corrected chi connectivity index (χ2v) is 5.99. The van der Waals surface area contributed by atoms with Gasteiger partial charge in [0, 0.05) is 24.8 Å². The molecule has 0 bridgehead atoms. The number of anilines is 1. The van der Waals surface area contributed by atoms with Crippen LogP contribution < -0.4 is 5.32 Å². The van der Waals surface area contributed by atoms with Gasteiger partial charge in [-0.25, -0.2) is 13.6 Å². The second-order valence-electron chi connectivity index (χ2n) is 5.99. The van der Waals surface area contributed by atoms with Crippen LogP contribution in [0, 0.1) is 23.0 Å². The van der Waals surface area contributed by atoms with Crippen LogP contribution in [0.2, 0.25) is 0 Å². The topological polar surface area (TPSA) is 69.6 Å². The first-order valence-corrected chi connectivity index (χ1v) is 7.17. The predicted molar refractivity (Wildman–Crippen MR) is 74.4 cm³/mol. The van der Waals surface area contributed by atoms with Gasteiger partial charge in [0.2, 0.25) is 0 Å². The molecular weight excluding hydrogens is 294 g/mol. The fraction of sp³-hybridized carbons (Fsp3) is 0.467. The standard InChI is InChI=1S/C15H16F2N2O3/c16-11-4-3-10(6-12(11)17)18-14(22)19-7-9-2-1-5-15(9,8-19)13(20)21/h3-4,6,9H,1-2,5,7-8H2,(H,18,22)(H,20,21)/t9-,15+/m0/s1. The molecular formula is C15H16F2N2O3. The number of likely N-dealkylation sites (tertiary alicyclic amines) is 1. The van der Waals surface area contributed by atoms with Crippen molar-refractivity contribution in [2.75, 3.05) is 18.4 Å². The van der Waals surface area contributed by atoms with Gasteiger partial charge in [-0.1, -0.05) is 6.42 Å². The molecule has 2 amide bonds. The minimum absolute atomic E-state index is 0.0410. The molecule has 1 saturated heterocycles. The monoisotopic (exact) mass is 310 g/mol. The molecule has 0 aromatic heterocycles. The third kappa shape index (κ3) is 2.30. The number of hydrogen-bond donors (Lipinski definition) is 2. The van der Waals surface area contributed by atoms with Crippen LogP contribution in [-0.4, -0.2) is 35.1 Å². The van der Waals surface area contributed by atoms with Crippen LogP contribution in [0.4, 0.5) is 19.3 Å². The summed E-state index contributed by atoms with van der Waals surface area (Å²) in [4.78, 5) is 25.2. The Hall–Kier alpha value is -2.18. The SMILES string of the molecule is O=C(Nc1ccc(F)c(F)c1)N1C[C@@H]2CCC[C@@]2(C(=O)O)C1. The number of urea groups is 1. The Kier molecular flexibility index (Phi) is 3.50. The zero-order valence-corrected chi connectivity index (χ0v) is 11.8. The van der Waals surface area contributed by atoms with Crippen LogP contribution in [0.5, 0.6) is 0 Å². The minimum atomic E-state index is -1.04. The van der Waals surface area contributed by atoms with E-state index >= 15 is 0 Å². The van der Waals surface area contributed by atoms with Crippen LogP contribution in [-0.2, 0) is 4.79 Å². The van der Waals surface area contributed by atoms with E-state index in [9.17, 15) is 23.5 Å². The van der Waals surface area contributed by atoms with Gasteiger partial charge in [-0.2, -0.15) is 0 Å². The van der Waals surface area contributed by atoms with Crippen LogP contribution >= 0.6 is 0 Å². The highest BCUT2D eigenvalue weighted by atomic mass is 19.2. The number of hydrogen-bond acceptors (Lipinski definition) is 2. The number of benzene rings is 1. The number of nitrogens with one attached hydrogen (secondary N) is 1. The summed E-state index contributed by atoms with van der Waals surface area (Å²) in [6.45, 7) is 0.532. The van der Waals surface area contributed by atoms with Crippen LogP contribution in [0.3, 0.4) is 0 Å². The normalized spacial score (nSPS) is 26.8. The van der Waals surface area contributed by atoms with Crippen molar-refractivity contribution in [2.45, 2.75) is 19.3 Å². The summed E-state index contributed by atoms with van der Waals surface area (Å²) in [5.74, 6) is -2.93. The Morgan fingerprint density at radius 3 is 2.73 bits per heavy atom. The van der Waals surface area contributed by atoms with Gasteiger partial charge in [-0.05, 0) is 30.9 Å². The smallest absolute Gasteiger partial charge is 0.321 e. The molecule has 2 fully saturated rings. The molecule has 22 heavy (non-hydrogen) atoms. The molecule has 0 unspecified atom stereocenters. The first-order chi connectivity index (χ1) is 10.4. The molecule has 118 valence electrons. The lowest BCUT2D eigenvalue weighted by Crippen LogP contribution is -2.38. The summed E-state index contributed by atoms with van der Waals surface area (Å²) >= 11 is 0. The maximum Gasteiger partial charge on any atom is 0.321 e.